The van der Waals surface area contributed by atoms with Crippen LogP contribution in [0.3, 0.4) is 0 Å². The number of aryl methyl sites for hydroxylation is 2. The first-order valence-electron chi connectivity index (χ1n) is 8.53. The minimum absolute atomic E-state index is 0.260. The molecule has 1 aliphatic rings. The molecule has 0 amide bonds. The van der Waals surface area contributed by atoms with E-state index in [1.165, 1.54) is 6.26 Å². The van der Waals surface area contributed by atoms with E-state index in [-0.39, 0.29) is 5.92 Å². The molecule has 25 heavy (non-hydrogen) atoms. The van der Waals surface area contributed by atoms with Crippen molar-refractivity contribution in [2.45, 2.75) is 33.1 Å². The van der Waals surface area contributed by atoms with Crippen LogP contribution in [0.25, 0.3) is 11.3 Å². The Morgan fingerprint density at radius 1 is 1.24 bits per heavy atom. The van der Waals surface area contributed by atoms with Crippen LogP contribution in [0.1, 0.15) is 29.9 Å². The number of rotatable bonds is 4. The number of hydrogen-bond acceptors (Lipinski definition) is 5. The lowest BCUT2D eigenvalue weighted by molar-refractivity contribution is 0.265. The fraction of sp³-hybridized carbons (Fsp3) is 0.588. The van der Waals surface area contributed by atoms with E-state index in [4.69, 9.17) is 0 Å². The van der Waals surface area contributed by atoms with Crippen LogP contribution in [0, 0.1) is 19.8 Å². The van der Waals surface area contributed by atoms with Gasteiger partial charge in [-0.15, -0.1) is 0 Å². The quantitative estimate of drug-likeness (QED) is 0.826. The number of nitrogens with zero attached hydrogens (tertiary/aromatic N) is 5. The van der Waals surface area contributed by atoms with Gasteiger partial charge in [-0.3, -0.25) is 14.6 Å². The van der Waals surface area contributed by atoms with Gasteiger partial charge in [0.2, 0.25) is 10.0 Å². The van der Waals surface area contributed by atoms with Crippen LogP contribution in [0.2, 0.25) is 0 Å². The molecule has 1 fully saturated rings. The zero-order valence-electron chi connectivity index (χ0n) is 15.2. The molecule has 3 heterocycles. The molecule has 1 unspecified atom stereocenters. The maximum absolute atomic E-state index is 11.9. The molecule has 0 aromatic carbocycles. The van der Waals surface area contributed by atoms with Crippen molar-refractivity contribution < 1.29 is 8.42 Å². The highest BCUT2D eigenvalue weighted by atomic mass is 32.2. The van der Waals surface area contributed by atoms with E-state index in [0.717, 1.165) is 47.6 Å². The molecule has 0 bridgehead atoms. The van der Waals surface area contributed by atoms with Crippen LogP contribution in [-0.2, 0) is 23.5 Å². The maximum Gasteiger partial charge on any atom is 0.211 e. The van der Waals surface area contributed by atoms with E-state index in [1.54, 1.807) is 16.7 Å². The normalized spacial score (nSPS) is 19.3. The van der Waals surface area contributed by atoms with Gasteiger partial charge in [0.05, 0.1) is 23.3 Å². The predicted molar refractivity (Wildman–Crippen MR) is 96.6 cm³/mol. The number of hydrogen-bond donors (Lipinski definition) is 0. The fourth-order valence-corrected chi connectivity index (χ4v) is 4.55. The summed E-state index contributed by atoms with van der Waals surface area (Å²) in [5.41, 5.74) is 4.80. The zero-order chi connectivity index (χ0) is 18.2. The highest BCUT2D eigenvalue weighted by molar-refractivity contribution is 7.88. The van der Waals surface area contributed by atoms with Gasteiger partial charge in [-0.05, 0) is 39.0 Å². The Morgan fingerprint density at radius 3 is 2.60 bits per heavy atom. The third-order valence-corrected chi connectivity index (χ3v) is 6.22. The van der Waals surface area contributed by atoms with Gasteiger partial charge >= 0.3 is 0 Å². The van der Waals surface area contributed by atoms with Crippen molar-refractivity contribution in [3.8, 4) is 11.3 Å². The lowest BCUT2D eigenvalue weighted by Gasteiger charge is -2.31. The monoisotopic (exact) mass is 363 g/mol. The van der Waals surface area contributed by atoms with Gasteiger partial charge in [0, 0.05) is 43.8 Å². The van der Waals surface area contributed by atoms with Crippen LogP contribution < -0.4 is 0 Å². The Hall–Kier alpha value is -1.80. The molecule has 1 saturated heterocycles. The molecule has 0 N–H and O–H groups in total. The Bertz CT molecular complexity index is 875. The van der Waals surface area contributed by atoms with Gasteiger partial charge in [-0.25, -0.2) is 12.7 Å². The summed E-state index contributed by atoms with van der Waals surface area (Å²) in [6.45, 7) is 5.18. The third kappa shape index (κ3) is 3.74. The van der Waals surface area contributed by atoms with Crippen molar-refractivity contribution in [3.63, 3.8) is 0 Å². The van der Waals surface area contributed by atoms with Gasteiger partial charge in [0.25, 0.3) is 0 Å². The SMILES string of the molecule is Cc1nn(C)c(C)c1-c1nccnc1CC1CCCN(S(C)(=O)=O)C1. The summed E-state index contributed by atoms with van der Waals surface area (Å²) in [5.74, 6) is 0.260. The molecule has 3 rings (SSSR count). The van der Waals surface area contributed by atoms with Crippen molar-refractivity contribution in [1.29, 1.82) is 0 Å². The Labute approximate surface area is 149 Å². The summed E-state index contributed by atoms with van der Waals surface area (Å²) in [7, 11) is -1.22. The molecule has 0 aliphatic carbocycles. The third-order valence-electron chi connectivity index (χ3n) is 4.95. The summed E-state index contributed by atoms with van der Waals surface area (Å²) in [6, 6.07) is 0. The van der Waals surface area contributed by atoms with Crippen LogP contribution in [-0.4, -0.2) is 51.8 Å². The van der Waals surface area contributed by atoms with E-state index < -0.39 is 10.0 Å². The largest absolute Gasteiger partial charge is 0.272 e. The van der Waals surface area contributed by atoms with E-state index in [1.807, 2.05) is 25.6 Å². The molecule has 1 aliphatic heterocycles. The van der Waals surface area contributed by atoms with E-state index in [9.17, 15) is 8.42 Å². The first-order valence-corrected chi connectivity index (χ1v) is 10.4. The van der Waals surface area contributed by atoms with Gasteiger partial charge in [0.1, 0.15) is 0 Å². The smallest absolute Gasteiger partial charge is 0.211 e. The number of sulfonamides is 1. The van der Waals surface area contributed by atoms with Crippen molar-refractivity contribution in [3.05, 3.63) is 29.5 Å². The summed E-state index contributed by atoms with van der Waals surface area (Å²) in [4.78, 5) is 9.13. The van der Waals surface area contributed by atoms with Gasteiger partial charge < -0.3 is 0 Å². The summed E-state index contributed by atoms with van der Waals surface area (Å²) < 4.78 is 27.1. The lowest BCUT2D eigenvalue weighted by Crippen LogP contribution is -2.39. The Balaban J connectivity index is 1.89. The maximum atomic E-state index is 11.9. The van der Waals surface area contributed by atoms with Gasteiger partial charge in [-0.1, -0.05) is 0 Å². The van der Waals surface area contributed by atoms with E-state index in [2.05, 4.69) is 15.1 Å². The second kappa shape index (κ2) is 6.84. The summed E-state index contributed by atoms with van der Waals surface area (Å²) in [5, 5.41) is 4.48. The second-order valence-electron chi connectivity index (χ2n) is 6.85. The summed E-state index contributed by atoms with van der Waals surface area (Å²) in [6.07, 6.45) is 7.31. The molecule has 0 saturated carbocycles. The van der Waals surface area contributed by atoms with Gasteiger partial charge in [0.15, 0.2) is 0 Å². The standard InChI is InChI=1S/C17H25N5O2S/c1-12-16(13(2)21(3)20-12)17-15(18-7-8-19-17)10-14-6-5-9-22(11-14)25(4,23)24/h7-8,14H,5-6,9-11H2,1-4H3. The Kier molecular flexibility index (Phi) is 4.92. The van der Waals surface area contributed by atoms with E-state index >= 15 is 0 Å². The second-order valence-corrected chi connectivity index (χ2v) is 8.84. The van der Waals surface area contributed by atoms with Crippen molar-refractivity contribution in [2.75, 3.05) is 19.3 Å². The first-order chi connectivity index (χ1) is 11.8. The van der Waals surface area contributed by atoms with Crippen molar-refractivity contribution in [1.82, 2.24) is 24.1 Å². The van der Waals surface area contributed by atoms with E-state index in [0.29, 0.717) is 13.1 Å². The molecule has 8 heteroatoms. The van der Waals surface area contributed by atoms with Crippen LogP contribution in [0.5, 0.6) is 0 Å². The van der Waals surface area contributed by atoms with Crippen LogP contribution in [0.15, 0.2) is 12.4 Å². The van der Waals surface area contributed by atoms with Crippen molar-refractivity contribution >= 4 is 10.0 Å². The first kappa shape index (κ1) is 18.0. The fourth-order valence-electron chi connectivity index (χ4n) is 3.61. The molecule has 2 aromatic rings. The number of piperidine rings is 1. The van der Waals surface area contributed by atoms with Crippen LogP contribution in [0.4, 0.5) is 0 Å². The molecular formula is C17H25N5O2S. The molecule has 0 radical (unpaired) electrons. The topological polar surface area (TPSA) is 81.0 Å². The van der Waals surface area contributed by atoms with Crippen LogP contribution >= 0.6 is 0 Å². The minimum atomic E-state index is -3.14. The zero-order valence-corrected chi connectivity index (χ0v) is 16.0. The molecule has 136 valence electrons. The average Bonchev–Trinajstić information content (AvgIpc) is 2.80. The lowest BCUT2D eigenvalue weighted by atomic mass is 9.92. The number of aromatic nitrogens is 4. The average molecular weight is 363 g/mol. The minimum Gasteiger partial charge on any atom is -0.272 e. The molecule has 1 atom stereocenters. The Morgan fingerprint density at radius 2 is 1.96 bits per heavy atom. The summed E-state index contributed by atoms with van der Waals surface area (Å²) >= 11 is 0. The predicted octanol–water partition coefficient (Wildman–Crippen LogP) is 1.71. The molecule has 7 nitrogen and oxygen atoms in total. The highest BCUT2D eigenvalue weighted by Gasteiger charge is 2.27. The van der Waals surface area contributed by atoms with Crippen molar-refractivity contribution in [2.24, 2.45) is 13.0 Å². The molecular weight excluding hydrogens is 338 g/mol. The molecule has 2 aromatic heterocycles. The molecule has 0 spiro atoms. The highest BCUT2D eigenvalue weighted by Crippen LogP contribution is 2.30. The van der Waals surface area contributed by atoms with Gasteiger partial charge in [-0.2, -0.15) is 5.10 Å².